The van der Waals surface area contributed by atoms with Crippen LogP contribution in [0.4, 0.5) is 5.95 Å². The number of fused-ring (bicyclic) bond motifs is 1. The van der Waals surface area contributed by atoms with Crippen molar-refractivity contribution in [1.29, 1.82) is 0 Å². The molecule has 5 rings (SSSR count). The van der Waals surface area contributed by atoms with Gasteiger partial charge in [0.1, 0.15) is 5.52 Å². The Kier molecular flexibility index (Phi) is 5.27. The number of hydrogen-bond donors (Lipinski definition) is 0. The van der Waals surface area contributed by atoms with Gasteiger partial charge in [0.25, 0.3) is 5.91 Å². The Labute approximate surface area is 174 Å². The van der Waals surface area contributed by atoms with E-state index in [1.807, 2.05) is 23.4 Å². The van der Waals surface area contributed by atoms with Crippen molar-refractivity contribution in [3.63, 3.8) is 0 Å². The van der Waals surface area contributed by atoms with Gasteiger partial charge in [0.2, 0.25) is 5.95 Å². The maximum absolute atomic E-state index is 13.1. The number of aromatic nitrogens is 5. The molecule has 0 spiro atoms. The number of carbonyl (C=O) groups is 1. The number of nitrogens with zero attached hydrogens (tertiary/aromatic N) is 7. The fourth-order valence-corrected chi connectivity index (χ4v) is 4.22. The van der Waals surface area contributed by atoms with Crippen LogP contribution < -0.4 is 4.90 Å². The topological polar surface area (TPSA) is 89.3 Å². The number of ether oxygens (including phenoxy) is 1. The third-order valence-electron chi connectivity index (χ3n) is 5.86. The van der Waals surface area contributed by atoms with Crippen LogP contribution in [-0.2, 0) is 4.74 Å². The number of pyridine rings is 1. The molecule has 0 atom stereocenters. The molecule has 0 aliphatic carbocycles. The van der Waals surface area contributed by atoms with Crippen molar-refractivity contribution < 1.29 is 9.53 Å². The Bertz CT molecular complexity index is 1020. The molecule has 9 heteroatoms. The van der Waals surface area contributed by atoms with Gasteiger partial charge < -0.3 is 19.1 Å². The van der Waals surface area contributed by atoms with Crippen molar-refractivity contribution in [2.24, 2.45) is 0 Å². The predicted octanol–water partition coefficient (Wildman–Crippen LogP) is 1.93. The summed E-state index contributed by atoms with van der Waals surface area (Å²) in [5.41, 5.74) is 2.19. The minimum absolute atomic E-state index is 0.000784. The Morgan fingerprint density at radius 1 is 1.00 bits per heavy atom. The quantitative estimate of drug-likeness (QED) is 0.655. The maximum atomic E-state index is 13.1. The second-order valence-corrected chi connectivity index (χ2v) is 7.74. The highest BCUT2D eigenvalue weighted by atomic mass is 16.5. The molecular formula is C21H25N7O2. The van der Waals surface area contributed by atoms with Crippen molar-refractivity contribution in [3.8, 4) is 0 Å². The van der Waals surface area contributed by atoms with Crippen LogP contribution in [0.1, 0.15) is 35.7 Å². The molecule has 3 aromatic rings. The first-order valence-electron chi connectivity index (χ1n) is 10.5. The van der Waals surface area contributed by atoms with Gasteiger partial charge in [-0.3, -0.25) is 4.79 Å². The van der Waals surface area contributed by atoms with E-state index in [9.17, 15) is 4.79 Å². The molecule has 2 saturated heterocycles. The number of hydrogen-bond acceptors (Lipinski definition) is 7. The summed E-state index contributed by atoms with van der Waals surface area (Å²) in [6.45, 7) is 4.41. The lowest BCUT2D eigenvalue weighted by Gasteiger charge is -2.23. The summed E-state index contributed by atoms with van der Waals surface area (Å²) in [7, 11) is 0. The van der Waals surface area contributed by atoms with Gasteiger partial charge in [0.15, 0.2) is 5.65 Å². The highest BCUT2D eigenvalue weighted by Crippen LogP contribution is 2.25. The smallest absolute Gasteiger partial charge is 0.255 e. The Balaban J connectivity index is 1.31. The van der Waals surface area contributed by atoms with E-state index in [1.165, 1.54) is 0 Å². The first kappa shape index (κ1) is 18.9. The fourth-order valence-electron chi connectivity index (χ4n) is 4.22. The van der Waals surface area contributed by atoms with Gasteiger partial charge in [-0.2, -0.15) is 0 Å². The minimum atomic E-state index is 0.000784. The summed E-state index contributed by atoms with van der Waals surface area (Å²) in [4.78, 5) is 34.9. The average Bonchev–Trinajstić information content (AvgIpc) is 3.07. The van der Waals surface area contributed by atoms with E-state index in [2.05, 4.69) is 29.4 Å². The lowest BCUT2D eigenvalue weighted by Crippen LogP contribution is -2.35. The van der Waals surface area contributed by atoms with E-state index in [0.717, 1.165) is 50.2 Å². The molecule has 9 nitrogen and oxygen atoms in total. The summed E-state index contributed by atoms with van der Waals surface area (Å²) in [5, 5.41) is 0. The van der Waals surface area contributed by atoms with Crippen molar-refractivity contribution in [3.05, 3.63) is 42.6 Å². The predicted molar refractivity (Wildman–Crippen MR) is 111 cm³/mol. The number of amides is 1. The van der Waals surface area contributed by atoms with Crippen molar-refractivity contribution in [2.75, 3.05) is 44.3 Å². The molecule has 0 radical (unpaired) electrons. The van der Waals surface area contributed by atoms with Crippen LogP contribution in [0.3, 0.4) is 0 Å². The first-order valence-corrected chi connectivity index (χ1v) is 10.5. The second kappa shape index (κ2) is 8.35. The molecule has 0 N–H and O–H groups in total. The molecule has 2 fully saturated rings. The van der Waals surface area contributed by atoms with Gasteiger partial charge in [-0.15, -0.1) is 0 Å². The zero-order valence-electron chi connectivity index (χ0n) is 16.9. The van der Waals surface area contributed by atoms with E-state index in [1.54, 1.807) is 18.6 Å². The monoisotopic (exact) mass is 407 g/mol. The Hall–Kier alpha value is -3.07. The molecule has 0 bridgehead atoms. The number of carbonyl (C=O) groups excluding carboxylic acids is 1. The number of imidazole rings is 1. The van der Waals surface area contributed by atoms with Crippen molar-refractivity contribution in [2.45, 2.75) is 25.3 Å². The lowest BCUT2D eigenvalue weighted by molar-refractivity contribution is 0.0704. The largest absolute Gasteiger partial charge is 0.381 e. The zero-order valence-corrected chi connectivity index (χ0v) is 16.9. The van der Waals surface area contributed by atoms with Crippen LogP contribution in [0, 0.1) is 0 Å². The normalized spacial score (nSPS) is 18.5. The summed E-state index contributed by atoms with van der Waals surface area (Å²) in [6, 6.07) is 4.03. The van der Waals surface area contributed by atoms with Crippen LogP contribution in [0.2, 0.25) is 0 Å². The van der Waals surface area contributed by atoms with Crippen molar-refractivity contribution in [1.82, 2.24) is 29.4 Å². The molecule has 3 aromatic heterocycles. The van der Waals surface area contributed by atoms with E-state index in [4.69, 9.17) is 4.74 Å². The van der Waals surface area contributed by atoms with Crippen LogP contribution in [0.15, 0.2) is 37.1 Å². The second-order valence-electron chi connectivity index (χ2n) is 7.74. The molecule has 156 valence electrons. The van der Waals surface area contributed by atoms with E-state index in [0.29, 0.717) is 37.2 Å². The standard InChI is InChI=1S/C21H25N7O2/c29-20(26-7-2-8-27(10-9-26)21-22-5-1-6-23-21)16-13-18-19(24-14-16)28(15-25-18)17-3-11-30-12-4-17/h1,5-6,13-15,17H,2-4,7-12H2. The summed E-state index contributed by atoms with van der Waals surface area (Å²) < 4.78 is 7.58. The van der Waals surface area contributed by atoms with Crippen molar-refractivity contribution >= 4 is 23.0 Å². The van der Waals surface area contributed by atoms with E-state index in [-0.39, 0.29) is 5.91 Å². The number of rotatable bonds is 3. The van der Waals surface area contributed by atoms with Gasteiger partial charge in [-0.05, 0) is 31.4 Å². The molecule has 0 saturated carbocycles. The van der Waals surface area contributed by atoms with Gasteiger partial charge in [-0.1, -0.05) is 0 Å². The van der Waals surface area contributed by atoms with Crippen LogP contribution in [-0.4, -0.2) is 74.7 Å². The van der Waals surface area contributed by atoms with E-state index < -0.39 is 0 Å². The SMILES string of the molecule is O=C(c1cnc2c(c1)ncn2C1CCOCC1)N1CCCN(c2ncccn2)CC1. The summed E-state index contributed by atoms with van der Waals surface area (Å²) in [6.07, 6.45) is 9.81. The van der Waals surface area contributed by atoms with Gasteiger partial charge in [0, 0.05) is 64.0 Å². The highest BCUT2D eigenvalue weighted by molar-refractivity contribution is 5.96. The molecule has 2 aliphatic rings. The summed E-state index contributed by atoms with van der Waals surface area (Å²) in [5.74, 6) is 0.717. The van der Waals surface area contributed by atoms with Crippen LogP contribution >= 0.6 is 0 Å². The highest BCUT2D eigenvalue weighted by Gasteiger charge is 2.23. The summed E-state index contributed by atoms with van der Waals surface area (Å²) >= 11 is 0. The molecule has 0 unspecified atom stereocenters. The first-order chi connectivity index (χ1) is 14.8. The van der Waals surface area contributed by atoms with Gasteiger partial charge in [-0.25, -0.2) is 19.9 Å². The van der Waals surface area contributed by atoms with Crippen LogP contribution in [0.5, 0.6) is 0 Å². The Morgan fingerprint density at radius 2 is 1.83 bits per heavy atom. The maximum Gasteiger partial charge on any atom is 0.255 e. The third-order valence-corrected chi connectivity index (χ3v) is 5.86. The lowest BCUT2D eigenvalue weighted by atomic mass is 10.1. The number of anilines is 1. The average molecular weight is 407 g/mol. The molecule has 5 heterocycles. The van der Waals surface area contributed by atoms with Gasteiger partial charge in [0.05, 0.1) is 11.9 Å². The molecule has 2 aliphatic heterocycles. The fraction of sp³-hybridized carbons (Fsp3) is 0.476. The minimum Gasteiger partial charge on any atom is -0.381 e. The Morgan fingerprint density at radius 3 is 2.67 bits per heavy atom. The zero-order chi connectivity index (χ0) is 20.3. The molecule has 1 amide bonds. The third kappa shape index (κ3) is 3.72. The van der Waals surface area contributed by atoms with Crippen LogP contribution in [0.25, 0.3) is 11.2 Å². The molecule has 30 heavy (non-hydrogen) atoms. The van der Waals surface area contributed by atoms with Gasteiger partial charge >= 0.3 is 0 Å². The van der Waals surface area contributed by atoms with E-state index >= 15 is 0 Å². The molecule has 0 aromatic carbocycles. The molecular weight excluding hydrogens is 382 g/mol.